The molecule has 1 unspecified atom stereocenters. The van der Waals surface area contributed by atoms with E-state index < -0.39 is 0 Å². The Labute approximate surface area is 97.0 Å². The van der Waals surface area contributed by atoms with Crippen LogP contribution in [-0.2, 0) is 14.3 Å². The Morgan fingerprint density at radius 3 is 3.00 bits per heavy atom. The molecule has 4 nitrogen and oxygen atoms in total. The van der Waals surface area contributed by atoms with Gasteiger partial charge in [-0.1, -0.05) is 6.58 Å². The molecule has 0 saturated carbocycles. The predicted molar refractivity (Wildman–Crippen MR) is 62.2 cm³/mol. The van der Waals surface area contributed by atoms with Crippen molar-refractivity contribution in [3.8, 4) is 0 Å². The number of nitrogens with one attached hydrogen (secondary N) is 1. The van der Waals surface area contributed by atoms with Gasteiger partial charge in [0.25, 0.3) is 0 Å². The molecule has 0 amide bonds. The summed E-state index contributed by atoms with van der Waals surface area (Å²) < 4.78 is 10.3. The van der Waals surface area contributed by atoms with E-state index in [1.807, 2.05) is 0 Å². The zero-order valence-corrected chi connectivity index (χ0v) is 9.96. The number of hydrogen-bond acceptors (Lipinski definition) is 4. The smallest absolute Gasteiger partial charge is 0.335 e. The fraction of sp³-hybridized carbons (Fsp3) is 0.750. The summed E-state index contributed by atoms with van der Waals surface area (Å²) in [6.45, 7) is 8.87. The summed E-state index contributed by atoms with van der Waals surface area (Å²) in [5, 5.41) is 3.32. The second-order valence-corrected chi connectivity index (χ2v) is 4.05. The number of esters is 1. The molecule has 0 aliphatic carbocycles. The number of carbonyl (C=O) groups excluding carboxylic acids is 1. The third-order valence-electron chi connectivity index (χ3n) is 2.59. The summed E-state index contributed by atoms with van der Waals surface area (Å²) in [6, 6.07) is 0. The first kappa shape index (κ1) is 13.2. The van der Waals surface area contributed by atoms with Crippen molar-refractivity contribution in [2.75, 3.05) is 32.9 Å². The quantitative estimate of drug-likeness (QED) is 0.545. The highest BCUT2D eigenvalue weighted by molar-refractivity contribution is 5.87. The van der Waals surface area contributed by atoms with E-state index in [4.69, 9.17) is 9.47 Å². The van der Waals surface area contributed by atoms with E-state index >= 15 is 0 Å². The maximum Gasteiger partial charge on any atom is 0.335 e. The van der Waals surface area contributed by atoms with E-state index in [9.17, 15) is 4.79 Å². The van der Waals surface area contributed by atoms with Crippen LogP contribution >= 0.6 is 0 Å². The monoisotopic (exact) mass is 227 g/mol. The fourth-order valence-corrected chi connectivity index (χ4v) is 1.71. The molecule has 0 spiro atoms. The minimum Gasteiger partial charge on any atom is -0.463 e. The van der Waals surface area contributed by atoms with Crippen LogP contribution in [0.2, 0.25) is 0 Å². The summed E-state index contributed by atoms with van der Waals surface area (Å²) >= 11 is 0. The minimum absolute atomic E-state index is 0.273. The molecule has 0 bridgehead atoms. The van der Waals surface area contributed by atoms with E-state index in [1.54, 1.807) is 6.92 Å². The van der Waals surface area contributed by atoms with E-state index in [-0.39, 0.29) is 12.6 Å². The summed E-state index contributed by atoms with van der Waals surface area (Å²) in [5.41, 5.74) is 0.394. The van der Waals surface area contributed by atoms with Crippen LogP contribution < -0.4 is 5.32 Å². The van der Waals surface area contributed by atoms with Gasteiger partial charge in [-0.3, -0.25) is 0 Å². The molecular formula is C12H21NO3. The van der Waals surface area contributed by atoms with Gasteiger partial charge in [-0.25, -0.2) is 4.79 Å². The van der Waals surface area contributed by atoms with Gasteiger partial charge in [0.15, 0.2) is 0 Å². The van der Waals surface area contributed by atoms with Crippen molar-refractivity contribution in [2.45, 2.75) is 19.8 Å². The summed E-state index contributed by atoms with van der Waals surface area (Å²) in [7, 11) is 0. The van der Waals surface area contributed by atoms with Gasteiger partial charge in [0.1, 0.15) is 0 Å². The van der Waals surface area contributed by atoms with E-state index in [0.29, 0.717) is 24.7 Å². The Balaban J connectivity index is 2.09. The van der Waals surface area contributed by atoms with E-state index in [2.05, 4.69) is 11.9 Å². The molecule has 1 heterocycles. The molecule has 1 N–H and O–H groups in total. The molecule has 0 aromatic rings. The van der Waals surface area contributed by atoms with Gasteiger partial charge in [0.2, 0.25) is 0 Å². The van der Waals surface area contributed by atoms with Gasteiger partial charge < -0.3 is 14.8 Å². The molecule has 92 valence electrons. The highest BCUT2D eigenvalue weighted by atomic mass is 16.5. The van der Waals surface area contributed by atoms with Crippen LogP contribution in [0, 0.1) is 5.92 Å². The van der Waals surface area contributed by atoms with Gasteiger partial charge in [0, 0.05) is 6.54 Å². The molecule has 0 radical (unpaired) electrons. The number of hydrogen-bond donors (Lipinski definition) is 1. The Morgan fingerprint density at radius 1 is 1.56 bits per heavy atom. The normalized spacial score (nSPS) is 20.4. The third-order valence-corrected chi connectivity index (χ3v) is 2.59. The average molecular weight is 227 g/mol. The van der Waals surface area contributed by atoms with Gasteiger partial charge in [-0.2, -0.15) is 0 Å². The lowest BCUT2D eigenvalue weighted by Gasteiger charge is -2.22. The third kappa shape index (κ3) is 4.77. The molecule has 1 atom stereocenters. The lowest BCUT2D eigenvalue weighted by molar-refractivity contribution is -0.139. The van der Waals surface area contributed by atoms with Crippen molar-refractivity contribution in [3.05, 3.63) is 12.2 Å². The largest absolute Gasteiger partial charge is 0.463 e. The highest BCUT2D eigenvalue weighted by Crippen LogP contribution is 2.10. The first-order valence-corrected chi connectivity index (χ1v) is 5.87. The Kier molecular flexibility index (Phi) is 6.11. The standard InChI is InChI=1S/C12H21NO3/c1-3-16-12(14)10(2)8-15-9-11-5-4-6-13-7-11/h11,13H,2-9H2,1H3. The minimum atomic E-state index is -0.357. The van der Waals surface area contributed by atoms with Crippen LogP contribution in [0.1, 0.15) is 19.8 Å². The van der Waals surface area contributed by atoms with Crippen molar-refractivity contribution in [1.82, 2.24) is 5.32 Å². The van der Waals surface area contributed by atoms with Crippen LogP contribution in [0.3, 0.4) is 0 Å². The first-order valence-electron chi connectivity index (χ1n) is 5.87. The Bertz CT molecular complexity index is 234. The second kappa shape index (κ2) is 7.41. The summed E-state index contributed by atoms with van der Waals surface area (Å²) in [6.07, 6.45) is 2.39. The first-order chi connectivity index (χ1) is 7.74. The number of piperidine rings is 1. The van der Waals surface area contributed by atoms with Crippen molar-refractivity contribution >= 4 is 5.97 Å². The molecule has 1 saturated heterocycles. The predicted octanol–water partition coefficient (Wildman–Crippen LogP) is 1.12. The van der Waals surface area contributed by atoms with Crippen molar-refractivity contribution in [2.24, 2.45) is 5.92 Å². The Hall–Kier alpha value is -0.870. The fourth-order valence-electron chi connectivity index (χ4n) is 1.71. The zero-order valence-electron chi connectivity index (χ0n) is 9.96. The van der Waals surface area contributed by atoms with Crippen LogP contribution in [0.15, 0.2) is 12.2 Å². The van der Waals surface area contributed by atoms with Crippen LogP contribution in [0.5, 0.6) is 0 Å². The zero-order chi connectivity index (χ0) is 11.8. The molecule has 1 aliphatic rings. The molecule has 0 aromatic heterocycles. The average Bonchev–Trinajstić information content (AvgIpc) is 2.30. The van der Waals surface area contributed by atoms with Gasteiger partial charge in [-0.05, 0) is 32.2 Å². The van der Waals surface area contributed by atoms with Gasteiger partial charge in [-0.15, -0.1) is 0 Å². The van der Waals surface area contributed by atoms with Crippen LogP contribution in [0.25, 0.3) is 0 Å². The van der Waals surface area contributed by atoms with Crippen LogP contribution in [0.4, 0.5) is 0 Å². The summed E-state index contributed by atoms with van der Waals surface area (Å²) in [5.74, 6) is 0.202. The molecular weight excluding hydrogens is 206 g/mol. The number of rotatable bonds is 6. The lowest BCUT2D eigenvalue weighted by Crippen LogP contribution is -2.32. The SMILES string of the molecule is C=C(COCC1CCCNC1)C(=O)OCC. The van der Waals surface area contributed by atoms with Crippen molar-refractivity contribution in [3.63, 3.8) is 0 Å². The maximum absolute atomic E-state index is 11.2. The number of carbonyl (C=O) groups is 1. The topological polar surface area (TPSA) is 47.6 Å². The van der Waals surface area contributed by atoms with E-state index in [1.165, 1.54) is 12.8 Å². The lowest BCUT2D eigenvalue weighted by atomic mass is 10.0. The molecule has 4 heteroatoms. The molecule has 0 aromatic carbocycles. The van der Waals surface area contributed by atoms with Crippen molar-refractivity contribution < 1.29 is 14.3 Å². The van der Waals surface area contributed by atoms with E-state index in [0.717, 1.165) is 13.1 Å². The molecule has 1 rings (SSSR count). The number of ether oxygens (including phenoxy) is 2. The van der Waals surface area contributed by atoms with Crippen LogP contribution in [-0.4, -0.2) is 38.9 Å². The second-order valence-electron chi connectivity index (χ2n) is 4.05. The Morgan fingerprint density at radius 2 is 2.38 bits per heavy atom. The molecule has 1 aliphatic heterocycles. The molecule has 1 fully saturated rings. The van der Waals surface area contributed by atoms with Gasteiger partial charge in [0.05, 0.1) is 25.4 Å². The van der Waals surface area contributed by atoms with Crippen molar-refractivity contribution in [1.29, 1.82) is 0 Å². The van der Waals surface area contributed by atoms with Gasteiger partial charge >= 0.3 is 5.97 Å². The maximum atomic E-state index is 11.2. The molecule has 16 heavy (non-hydrogen) atoms. The highest BCUT2D eigenvalue weighted by Gasteiger charge is 2.14. The summed E-state index contributed by atoms with van der Waals surface area (Å²) in [4.78, 5) is 11.2.